The van der Waals surface area contributed by atoms with Gasteiger partial charge in [-0.3, -0.25) is 4.79 Å². The standard InChI is InChI=1S/C9H21N3O/c1-5-8(10)9(13)11-6-7(2)12(3)4/h7-8H,5-6,10H2,1-4H3,(H,11,13). The minimum absolute atomic E-state index is 0.0591. The summed E-state index contributed by atoms with van der Waals surface area (Å²) in [5, 5.41) is 2.81. The molecule has 2 atom stereocenters. The predicted octanol–water partition coefficient (Wildman–Crippen LogP) is -0.210. The number of nitrogens with two attached hydrogens (primary N) is 1. The summed E-state index contributed by atoms with van der Waals surface area (Å²) in [4.78, 5) is 13.3. The van der Waals surface area contributed by atoms with E-state index in [0.717, 1.165) is 0 Å². The van der Waals surface area contributed by atoms with Crippen molar-refractivity contribution in [1.29, 1.82) is 0 Å². The highest BCUT2D eigenvalue weighted by Crippen LogP contribution is 1.90. The van der Waals surface area contributed by atoms with Gasteiger partial charge in [-0.2, -0.15) is 0 Å². The summed E-state index contributed by atoms with van der Waals surface area (Å²) in [6.45, 7) is 4.61. The Balaban J connectivity index is 3.70. The number of nitrogens with zero attached hydrogens (tertiary/aromatic N) is 1. The number of hydrogen-bond acceptors (Lipinski definition) is 3. The Hall–Kier alpha value is -0.610. The third-order valence-corrected chi connectivity index (χ3v) is 2.23. The average molecular weight is 187 g/mol. The number of amides is 1. The highest BCUT2D eigenvalue weighted by Gasteiger charge is 2.12. The Bertz CT molecular complexity index is 159. The second-order valence-corrected chi connectivity index (χ2v) is 3.57. The smallest absolute Gasteiger partial charge is 0.236 e. The molecule has 4 heteroatoms. The van der Waals surface area contributed by atoms with E-state index in [4.69, 9.17) is 5.73 Å². The quantitative estimate of drug-likeness (QED) is 0.626. The van der Waals surface area contributed by atoms with Crippen LogP contribution in [0.4, 0.5) is 0 Å². The number of nitrogens with one attached hydrogen (secondary N) is 1. The fourth-order valence-corrected chi connectivity index (χ4v) is 0.747. The number of carbonyl (C=O) groups excluding carboxylic acids is 1. The number of rotatable bonds is 5. The van der Waals surface area contributed by atoms with Crippen molar-refractivity contribution in [2.75, 3.05) is 20.6 Å². The molecule has 0 spiro atoms. The van der Waals surface area contributed by atoms with E-state index in [2.05, 4.69) is 17.1 Å². The first-order valence-corrected chi connectivity index (χ1v) is 4.68. The fraction of sp³-hybridized carbons (Fsp3) is 0.889. The van der Waals surface area contributed by atoms with Gasteiger partial charge in [0.2, 0.25) is 5.91 Å². The molecule has 0 bridgehead atoms. The maximum atomic E-state index is 11.2. The number of carbonyl (C=O) groups is 1. The van der Waals surface area contributed by atoms with Crippen molar-refractivity contribution in [3.63, 3.8) is 0 Å². The molecule has 4 nitrogen and oxygen atoms in total. The summed E-state index contributed by atoms with van der Waals surface area (Å²) in [5.41, 5.74) is 5.55. The molecule has 0 heterocycles. The molecule has 1 amide bonds. The third-order valence-electron chi connectivity index (χ3n) is 2.23. The van der Waals surface area contributed by atoms with Gasteiger partial charge in [0.1, 0.15) is 0 Å². The lowest BCUT2D eigenvalue weighted by Gasteiger charge is -2.20. The minimum atomic E-state index is -0.366. The van der Waals surface area contributed by atoms with Crippen LogP contribution in [-0.2, 0) is 4.79 Å². The van der Waals surface area contributed by atoms with Crippen LogP contribution in [0.15, 0.2) is 0 Å². The van der Waals surface area contributed by atoms with Crippen LogP contribution in [-0.4, -0.2) is 43.5 Å². The van der Waals surface area contributed by atoms with Gasteiger partial charge in [0.05, 0.1) is 6.04 Å². The van der Waals surface area contributed by atoms with E-state index in [1.54, 1.807) is 0 Å². The molecule has 0 aromatic carbocycles. The SMILES string of the molecule is CCC(N)C(=O)NCC(C)N(C)C. The second kappa shape index (κ2) is 5.94. The van der Waals surface area contributed by atoms with Crippen molar-refractivity contribution >= 4 is 5.91 Å². The van der Waals surface area contributed by atoms with Gasteiger partial charge >= 0.3 is 0 Å². The van der Waals surface area contributed by atoms with Gasteiger partial charge in [0.15, 0.2) is 0 Å². The Morgan fingerprint density at radius 1 is 1.54 bits per heavy atom. The van der Waals surface area contributed by atoms with Crippen molar-refractivity contribution in [2.45, 2.75) is 32.4 Å². The van der Waals surface area contributed by atoms with Crippen molar-refractivity contribution < 1.29 is 4.79 Å². The molecule has 0 saturated carbocycles. The zero-order chi connectivity index (χ0) is 10.4. The van der Waals surface area contributed by atoms with E-state index in [1.807, 2.05) is 21.0 Å². The van der Waals surface area contributed by atoms with E-state index in [-0.39, 0.29) is 11.9 Å². The Kier molecular flexibility index (Phi) is 5.66. The first kappa shape index (κ1) is 12.4. The molecule has 0 aliphatic heterocycles. The largest absolute Gasteiger partial charge is 0.353 e. The average Bonchev–Trinajstić information content (AvgIpc) is 2.11. The van der Waals surface area contributed by atoms with E-state index in [1.165, 1.54) is 0 Å². The van der Waals surface area contributed by atoms with Crippen molar-refractivity contribution in [3.8, 4) is 0 Å². The lowest BCUT2D eigenvalue weighted by molar-refractivity contribution is -0.122. The van der Waals surface area contributed by atoms with E-state index < -0.39 is 0 Å². The van der Waals surface area contributed by atoms with Gasteiger partial charge < -0.3 is 16.0 Å². The Morgan fingerprint density at radius 3 is 2.46 bits per heavy atom. The molecular weight excluding hydrogens is 166 g/mol. The van der Waals surface area contributed by atoms with E-state index in [9.17, 15) is 4.79 Å². The maximum Gasteiger partial charge on any atom is 0.236 e. The zero-order valence-corrected chi connectivity index (χ0v) is 9.00. The first-order chi connectivity index (χ1) is 5.99. The number of hydrogen-bond donors (Lipinski definition) is 2. The van der Waals surface area contributed by atoms with Gasteiger partial charge in [-0.05, 0) is 27.4 Å². The summed E-state index contributed by atoms with van der Waals surface area (Å²) < 4.78 is 0. The molecule has 2 unspecified atom stereocenters. The highest BCUT2D eigenvalue weighted by atomic mass is 16.2. The summed E-state index contributed by atoms with van der Waals surface area (Å²) >= 11 is 0. The van der Waals surface area contributed by atoms with Crippen LogP contribution in [0.3, 0.4) is 0 Å². The lowest BCUT2D eigenvalue weighted by atomic mass is 10.2. The maximum absolute atomic E-state index is 11.2. The van der Waals surface area contributed by atoms with Crippen molar-refractivity contribution in [1.82, 2.24) is 10.2 Å². The topological polar surface area (TPSA) is 58.4 Å². The zero-order valence-electron chi connectivity index (χ0n) is 9.00. The van der Waals surface area contributed by atoms with Crippen LogP contribution in [0.2, 0.25) is 0 Å². The number of likely N-dealkylation sites (N-methyl/N-ethyl adjacent to an activating group) is 1. The Morgan fingerprint density at radius 2 is 2.08 bits per heavy atom. The summed E-state index contributed by atoms with van der Waals surface area (Å²) in [7, 11) is 3.97. The summed E-state index contributed by atoms with van der Waals surface area (Å²) in [6, 6.07) is -0.0256. The molecule has 0 aromatic rings. The van der Waals surface area contributed by atoms with Gasteiger partial charge in [-0.15, -0.1) is 0 Å². The normalized spacial score (nSPS) is 15.5. The van der Waals surface area contributed by atoms with Crippen LogP contribution in [0.1, 0.15) is 20.3 Å². The van der Waals surface area contributed by atoms with Crippen LogP contribution in [0.25, 0.3) is 0 Å². The molecule has 0 radical (unpaired) electrons. The van der Waals surface area contributed by atoms with Gasteiger partial charge in [-0.1, -0.05) is 6.92 Å². The fourth-order valence-electron chi connectivity index (χ4n) is 0.747. The first-order valence-electron chi connectivity index (χ1n) is 4.68. The lowest BCUT2D eigenvalue weighted by Crippen LogP contribution is -2.45. The Labute approximate surface area is 80.5 Å². The molecule has 0 fully saturated rings. The molecule has 0 rings (SSSR count). The monoisotopic (exact) mass is 187 g/mol. The molecule has 3 N–H and O–H groups in total. The minimum Gasteiger partial charge on any atom is -0.353 e. The van der Waals surface area contributed by atoms with E-state index >= 15 is 0 Å². The van der Waals surface area contributed by atoms with Crippen molar-refractivity contribution in [2.24, 2.45) is 5.73 Å². The summed E-state index contributed by atoms with van der Waals surface area (Å²) in [6.07, 6.45) is 0.683. The molecule has 0 aliphatic carbocycles. The molecule has 13 heavy (non-hydrogen) atoms. The van der Waals surface area contributed by atoms with Gasteiger partial charge in [-0.25, -0.2) is 0 Å². The molecular formula is C9H21N3O. The van der Waals surface area contributed by atoms with Crippen LogP contribution in [0, 0.1) is 0 Å². The van der Waals surface area contributed by atoms with Gasteiger partial charge in [0.25, 0.3) is 0 Å². The van der Waals surface area contributed by atoms with Crippen LogP contribution in [0.5, 0.6) is 0 Å². The van der Waals surface area contributed by atoms with E-state index in [0.29, 0.717) is 19.0 Å². The second-order valence-electron chi connectivity index (χ2n) is 3.57. The highest BCUT2D eigenvalue weighted by molar-refractivity contribution is 5.81. The molecule has 0 aliphatic rings. The predicted molar refractivity (Wildman–Crippen MR) is 54.4 cm³/mol. The molecule has 0 aromatic heterocycles. The van der Waals surface area contributed by atoms with Gasteiger partial charge in [0, 0.05) is 12.6 Å². The van der Waals surface area contributed by atoms with Crippen molar-refractivity contribution in [3.05, 3.63) is 0 Å². The van der Waals surface area contributed by atoms with Crippen LogP contribution >= 0.6 is 0 Å². The van der Waals surface area contributed by atoms with Crippen LogP contribution < -0.4 is 11.1 Å². The summed E-state index contributed by atoms with van der Waals surface area (Å²) in [5.74, 6) is -0.0591. The molecule has 0 saturated heterocycles. The third kappa shape index (κ3) is 4.85. The molecule has 78 valence electrons.